The predicted octanol–water partition coefficient (Wildman–Crippen LogP) is 2.77. The second-order valence-corrected chi connectivity index (χ2v) is 5.21. The lowest BCUT2D eigenvalue weighted by atomic mass is 10.2. The van der Waals surface area contributed by atoms with Gasteiger partial charge >= 0.3 is 0 Å². The van der Waals surface area contributed by atoms with E-state index >= 15 is 0 Å². The molecule has 0 spiro atoms. The van der Waals surface area contributed by atoms with Crippen LogP contribution in [0.4, 0.5) is 0 Å². The maximum absolute atomic E-state index is 12.0. The van der Waals surface area contributed by atoms with Gasteiger partial charge in [0.2, 0.25) is 5.91 Å². The third-order valence-electron chi connectivity index (χ3n) is 3.60. The highest BCUT2D eigenvalue weighted by atomic mass is 16.3. The number of nitrogens with one attached hydrogen (secondary N) is 1. The maximum atomic E-state index is 12.0. The number of hydrazone groups is 1. The van der Waals surface area contributed by atoms with Crippen molar-refractivity contribution >= 4 is 28.9 Å². The molecule has 0 aliphatic carbocycles. The molecule has 0 radical (unpaired) electrons. The monoisotopic (exact) mass is 321 g/mol. The average molecular weight is 321 g/mol. The van der Waals surface area contributed by atoms with E-state index in [0.29, 0.717) is 5.56 Å². The number of aromatic nitrogens is 1. The van der Waals surface area contributed by atoms with Crippen LogP contribution >= 0.6 is 0 Å². The number of hydrogen-bond donors (Lipinski definition) is 2. The summed E-state index contributed by atoms with van der Waals surface area (Å²) in [5.74, 6) is -0.734. The van der Waals surface area contributed by atoms with Gasteiger partial charge in [-0.3, -0.25) is 14.2 Å². The van der Waals surface area contributed by atoms with Crippen LogP contribution in [0, 0.1) is 0 Å². The van der Waals surface area contributed by atoms with Crippen molar-refractivity contribution in [2.24, 2.45) is 5.10 Å². The molecule has 0 aliphatic heterocycles. The van der Waals surface area contributed by atoms with Crippen LogP contribution in [-0.2, 0) is 0 Å². The highest BCUT2D eigenvalue weighted by Gasteiger charge is 2.10. The summed E-state index contributed by atoms with van der Waals surface area (Å²) in [7, 11) is 0. The Morgan fingerprint density at radius 2 is 1.83 bits per heavy atom. The van der Waals surface area contributed by atoms with Crippen molar-refractivity contribution in [2.75, 3.05) is 0 Å². The second kappa shape index (κ2) is 6.37. The van der Waals surface area contributed by atoms with Gasteiger partial charge in [-0.25, -0.2) is 5.43 Å². The molecule has 0 aliphatic rings. The molecule has 0 saturated carbocycles. The van der Waals surface area contributed by atoms with Gasteiger partial charge in [-0.15, -0.1) is 0 Å². The lowest BCUT2D eigenvalue weighted by Gasteiger charge is -2.01. The first kappa shape index (κ1) is 15.5. The molecule has 6 nitrogen and oxygen atoms in total. The molecule has 1 amide bonds. The van der Waals surface area contributed by atoms with E-state index in [1.807, 2.05) is 24.3 Å². The lowest BCUT2D eigenvalue weighted by molar-refractivity contribution is 0.0936. The van der Waals surface area contributed by atoms with E-state index in [1.54, 1.807) is 18.3 Å². The van der Waals surface area contributed by atoms with Crippen molar-refractivity contribution in [3.63, 3.8) is 0 Å². The number of carbonyl (C=O) groups is 2. The molecule has 6 heteroatoms. The first-order valence-corrected chi connectivity index (χ1v) is 7.30. The topological polar surface area (TPSA) is 83.7 Å². The number of phenols is 1. The molecule has 1 heterocycles. The van der Waals surface area contributed by atoms with Gasteiger partial charge in [-0.1, -0.05) is 30.3 Å². The van der Waals surface area contributed by atoms with Crippen LogP contribution < -0.4 is 5.43 Å². The Kier molecular flexibility index (Phi) is 4.11. The van der Waals surface area contributed by atoms with E-state index in [1.165, 1.54) is 29.8 Å². The van der Waals surface area contributed by atoms with Gasteiger partial charge < -0.3 is 5.11 Å². The number of aromatic hydroxyl groups is 1. The van der Waals surface area contributed by atoms with Crippen molar-refractivity contribution in [1.82, 2.24) is 9.99 Å². The van der Waals surface area contributed by atoms with E-state index in [0.717, 1.165) is 10.9 Å². The predicted molar refractivity (Wildman–Crippen MR) is 91.4 cm³/mol. The Labute approximate surface area is 138 Å². The van der Waals surface area contributed by atoms with Crippen molar-refractivity contribution in [2.45, 2.75) is 6.92 Å². The zero-order valence-corrected chi connectivity index (χ0v) is 12.9. The van der Waals surface area contributed by atoms with Gasteiger partial charge in [-0.2, -0.15) is 5.10 Å². The first-order chi connectivity index (χ1) is 11.6. The largest absolute Gasteiger partial charge is 0.507 e. The minimum atomic E-state index is -0.514. The standard InChI is InChI=1S/C18H15N3O3/c1-12(22)21-11-13(14-6-2-4-8-16(14)21)10-19-20-18(24)15-7-3-5-9-17(15)23/h2-11,23H,1H3,(H,20,24). The molecule has 24 heavy (non-hydrogen) atoms. The zero-order valence-electron chi connectivity index (χ0n) is 12.9. The quantitative estimate of drug-likeness (QED) is 0.575. The molecular weight excluding hydrogens is 306 g/mol. The van der Waals surface area contributed by atoms with Crippen LogP contribution in [0.3, 0.4) is 0 Å². The van der Waals surface area contributed by atoms with Crippen LogP contribution in [0.2, 0.25) is 0 Å². The van der Waals surface area contributed by atoms with Gasteiger partial charge in [0.05, 0.1) is 17.3 Å². The van der Waals surface area contributed by atoms with Crippen LogP contribution in [0.25, 0.3) is 10.9 Å². The Bertz CT molecular complexity index is 957. The molecule has 2 aromatic carbocycles. The minimum Gasteiger partial charge on any atom is -0.507 e. The van der Waals surface area contributed by atoms with E-state index in [2.05, 4.69) is 10.5 Å². The normalized spacial score (nSPS) is 11.0. The Balaban J connectivity index is 1.85. The smallest absolute Gasteiger partial charge is 0.275 e. The Morgan fingerprint density at radius 3 is 2.58 bits per heavy atom. The highest BCUT2D eigenvalue weighted by Crippen LogP contribution is 2.20. The van der Waals surface area contributed by atoms with Crippen LogP contribution in [0.5, 0.6) is 5.75 Å². The molecule has 3 aromatic rings. The molecule has 0 bridgehead atoms. The first-order valence-electron chi connectivity index (χ1n) is 7.30. The summed E-state index contributed by atoms with van der Waals surface area (Å²) in [6.45, 7) is 1.48. The lowest BCUT2D eigenvalue weighted by Crippen LogP contribution is -2.17. The summed E-state index contributed by atoms with van der Waals surface area (Å²) in [5, 5.41) is 14.4. The fraction of sp³-hybridized carbons (Fsp3) is 0.0556. The summed E-state index contributed by atoms with van der Waals surface area (Å²) < 4.78 is 1.53. The van der Waals surface area contributed by atoms with Gasteiger partial charge in [-0.05, 0) is 18.2 Å². The number of para-hydroxylation sites is 2. The summed E-state index contributed by atoms with van der Waals surface area (Å²) in [4.78, 5) is 23.7. The SMILES string of the molecule is CC(=O)n1cc(C=NNC(=O)c2ccccc2O)c2ccccc21. The fourth-order valence-corrected chi connectivity index (χ4v) is 2.46. The van der Waals surface area contributed by atoms with Gasteiger partial charge in [0.25, 0.3) is 5.91 Å². The average Bonchev–Trinajstić information content (AvgIpc) is 2.94. The number of carbonyl (C=O) groups excluding carboxylic acids is 2. The van der Waals surface area contributed by atoms with Crippen LogP contribution in [0.1, 0.15) is 27.6 Å². The highest BCUT2D eigenvalue weighted by molar-refractivity contribution is 6.04. The molecule has 3 rings (SSSR count). The van der Waals surface area contributed by atoms with E-state index < -0.39 is 5.91 Å². The number of nitrogens with zero attached hydrogens (tertiary/aromatic N) is 2. The number of phenolic OH excluding ortho intramolecular Hbond substituents is 1. The van der Waals surface area contributed by atoms with Crippen LogP contribution in [-0.4, -0.2) is 27.7 Å². The Morgan fingerprint density at radius 1 is 1.12 bits per heavy atom. The molecule has 0 saturated heterocycles. The third-order valence-corrected chi connectivity index (χ3v) is 3.60. The molecule has 2 N–H and O–H groups in total. The van der Waals surface area contributed by atoms with E-state index in [-0.39, 0.29) is 17.2 Å². The second-order valence-electron chi connectivity index (χ2n) is 5.21. The molecule has 1 aromatic heterocycles. The van der Waals surface area contributed by atoms with Gasteiger partial charge in [0.15, 0.2) is 0 Å². The van der Waals surface area contributed by atoms with Crippen molar-refractivity contribution in [3.8, 4) is 5.75 Å². The summed E-state index contributed by atoms with van der Waals surface area (Å²) in [6, 6.07) is 13.6. The van der Waals surface area contributed by atoms with E-state index in [9.17, 15) is 14.7 Å². The number of benzene rings is 2. The van der Waals surface area contributed by atoms with Crippen molar-refractivity contribution in [1.29, 1.82) is 0 Å². The zero-order chi connectivity index (χ0) is 17.1. The number of fused-ring (bicyclic) bond motifs is 1. The number of amides is 1. The van der Waals surface area contributed by atoms with Gasteiger partial charge in [0.1, 0.15) is 5.75 Å². The molecule has 120 valence electrons. The van der Waals surface area contributed by atoms with Gasteiger partial charge in [0, 0.05) is 24.1 Å². The summed E-state index contributed by atoms with van der Waals surface area (Å²) in [5.41, 5.74) is 3.99. The maximum Gasteiger partial charge on any atom is 0.275 e. The molecule has 0 fully saturated rings. The fourth-order valence-electron chi connectivity index (χ4n) is 2.46. The molecule has 0 atom stereocenters. The summed E-state index contributed by atoms with van der Waals surface area (Å²) in [6.07, 6.45) is 3.14. The summed E-state index contributed by atoms with van der Waals surface area (Å²) >= 11 is 0. The van der Waals surface area contributed by atoms with Crippen LogP contribution in [0.15, 0.2) is 59.8 Å². The third kappa shape index (κ3) is 2.89. The van der Waals surface area contributed by atoms with Crippen molar-refractivity contribution < 1.29 is 14.7 Å². The molecular formula is C18H15N3O3. The number of rotatable bonds is 3. The van der Waals surface area contributed by atoms with Crippen molar-refractivity contribution in [3.05, 3.63) is 65.9 Å². The minimum absolute atomic E-state index is 0.107. The van der Waals surface area contributed by atoms with E-state index in [4.69, 9.17) is 0 Å². The number of hydrogen-bond acceptors (Lipinski definition) is 4. The molecule has 0 unspecified atom stereocenters. The Hall–Kier alpha value is -3.41.